The second-order valence-electron chi connectivity index (χ2n) is 2.21. The molecule has 0 aliphatic carbocycles. The highest BCUT2D eigenvalue weighted by Crippen LogP contribution is 2.22. The molecule has 2 N–H and O–H groups in total. The monoisotopic (exact) mass is 263 g/mol. The first kappa shape index (κ1) is 10.2. The first-order chi connectivity index (χ1) is 6.11. The van der Waals surface area contributed by atoms with E-state index in [0.717, 1.165) is 9.35 Å². The fourth-order valence-corrected chi connectivity index (χ4v) is 1.94. The number of thiophene rings is 1. The number of carbonyl (C=O) groups is 2. The smallest absolute Gasteiger partial charge is 0.394 e. The predicted octanol–water partition coefficient (Wildman–Crippen LogP) is 1.21. The number of carboxylic acids is 1. The van der Waals surface area contributed by atoms with E-state index in [1.54, 1.807) is 0 Å². The second kappa shape index (κ2) is 4.38. The van der Waals surface area contributed by atoms with Crippen molar-refractivity contribution in [2.45, 2.75) is 6.54 Å². The van der Waals surface area contributed by atoms with Crippen LogP contribution in [0.15, 0.2) is 15.2 Å². The van der Waals surface area contributed by atoms with Gasteiger partial charge in [0.15, 0.2) is 0 Å². The fourth-order valence-electron chi connectivity index (χ4n) is 0.697. The van der Waals surface area contributed by atoms with Crippen molar-refractivity contribution in [3.63, 3.8) is 0 Å². The molecule has 0 bridgehead atoms. The Kier molecular flexibility index (Phi) is 3.44. The average Bonchev–Trinajstić information content (AvgIpc) is 2.47. The van der Waals surface area contributed by atoms with Gasteiger partial charge in [0.25, 0.3) is 0 Å². The lowest BCUT2D eigenvalue weighted by Gasteiger charge is -1.99. The number of hydrogen-bond donors (Lipinski definition) is 2. The molecule has 1 aromatic heterocycles. The van der Waals surface area contributed by atoms with Gasteiger partial charge in [-0.15, -0.1) is 11.3 Å². The van der Waals surface area contributed by atoms with Gasteiger partial charge in [0.05, 0.1) is 3.79 Å². The number of rotatable bonds is 2. The summed E-state index contributed by atoms with van der Waals surface area (Å²) in [6.07, 6.45) is 0. The molecule has 70 valence electrons. The quantitative estimate of drug-likeness (QED) is 0.789. The maximum atomic E-state index is 10.6. The van der Waals surface area contributed by atoms with Crippen LogP contribution < -0.4 is 5.32 Å². The van der Waals surface area contributed by atoms with Crippen molar-refractivity contribution < 1.29 is 14.7 Å². The number of carboxylic acid groups (broad SMARTS) is 1. The summed E-state index contributed by atoms with van der Waals surface area (Å²) in [6, 6.07) is 1.82. The van der Waals surface area contributed by atoms with Gasteiger partial charge in [-0.1, -0.05) is 0 Å². The third-order valence-corrected chi connectivity index (χ3v) is 3.14. The maximum Gasteiger partial charge on any atom is 0.394 e. The summed E-state index contributed by atoms with van der Waals surface area (Å²) >= 11 is 4.76. The minimum atomic E-state index is -1.47. The zero-order valence-electron chi connectivity index (χ0n) is 6.41. The Labute approximate surface area is 86.7 Å². The molecule has 13 heavy (non-hydrogen) atoms. The number of halogens is 1. The van der Waals surface area contributed by atoms with Crippen molar-refractivity contribution >= 4 is 39.1 Å². The molecule has 1 rings (SSSR count). The first-order valence-electron chi connectivity index (χ1n) is 3.34. The number of aliphatic carboxylic acids is 1. The van der Waals surface area contributed by atoms with Crippen LogP contribution in [0, 0.1) is 0 Å². The van der Waals surface area contributed by atoms with Crippen LogP contribution in [-0.4, -0.2) is 17.0 Å². The van der Waals surface area contributed by atoms with Gasteiger partial charge in [-0.25, -0.2) is 4.79 Å². The van der Waals surface area contributed by atoms with Crippen LogP contribution >= 0.6 is 27.3 Å². The van der Waals surface area contributed by atoms with E-state index >= 15 is 0 Å². The topological polar surface area (TPSA) is 66.4 Å². The minimum Gasteiger partial charge on any atom is -0.474 e. The predicted molar refractivity (Wildman–Crippen MR) is 51.5 cm³/mol. The molecule has 4 nitrogen and oxygen atoms in total. The van der Waals surface area contributed by atoms with Gasteiger partial charge < -0.3 is 10.4 Å². The average molecular weight is 264 g/mol. The molecule has 1 heterocycles. The van der Waals surface area contributed by atoms with E-state index in [1.165, 1.54) is 11.3 Å². The molecule has 0 spiro atoms. The molecule has 1 amide bonds. The molecule has 0 saturated heterocycles. The van der Waals surface area contributed by atoms with Crippen LogP contribution in [0.3, 0.4) is 0 Å². The first-order valence-corrected chi connectivity index (χ1v) is 5.01. The number of nitrogens with one attached hydrogen (secondary N) is 1. The third kappa shape index (κ3) is 2.82. The van der Waals surface area contributed by atoms with Crippen LogP contribution in [0.4, 0.5) is 0 Å². The van der Waals surface area contributed by atoms with Crippen LogP contribution in [0.1, 0.15) is 5.56 Å². The van der Waals surface area contributed by atoms with Crippen molar-refractivity contribution in [2.24, 2.45) is 0 Å². The molecule has 0 aromatic carbocycles. The van der Waals surface area contributed by atoms with Crippen molar-refractivity contribution in [2.75, 3.05) is 0 Å². The molecule has 0 aliphatic heterocycles. The molecule has 1 aromatic rings. The summed E-state index contributed by atoms with van der Waals surface area (Å²) in [4.78, 5) is 20.7. The van der Waals surface area contributed by atoms with Crippen molar-refractivity contribution in [1.82, 2.24) is 5.32 Å². The van der Waals surface area contributed by atoms with Gasteiger partial charge in [-0.3, -0.25) is 4.79 Å². The van der Waals surface area contributed by atoms with Gasteiger partial charge in [0.1, 0.15) is 0 Å². The van der Waals surface area contributed by atoms with Crippen LogP contribution in [0.5, 0.6) is 0 Å². The Balaban J connectivity index is 2.48. The molecule has 0 aliphatic rings. The second-order valence-corrected chi connectivity index (χ2v) is 4.44. The van der Waals surface area contributed by atoms with Gasteiger partial charge in [-0.2, -0.15) is 0 Å². The van der Waals surface area contributed by atoms with E-state index in [9.17, 15) is 9.59 Å². The number of hydrogen-bond acceptors (Lipinski definition) is 3. The molecule has 0 fully saturated rings. The lowest BCUT2D eigenvalue weighted by atomic mass is 10.3. The maximum absolute atomic E-state index is 10.6. The van der Waals surface area contributed by atoms with Crippen LogP contribution in [0.2, 0.25) is 0 Å². The SMILES string of the molecule is O=C(O)C(=O)NCc1ccsc1Br. The van der Waals surface area contributed by atoms with Crippen molar-refractivity contribution in [3.05, 3.63) is 20.8 Å². The minimum absolute atomic E-state index is 0.231. The number of amides is 1. The zero-order valence-corrected chi connectivity index (χ0v) is 8.81. The summed E-state index contributed by atoms with van der Waals surface area (Å²) in [6.45, 7) is 0.231. The molecular weight excluding hydrogens is 258 g/mol. The summed E-state index contributed by atoms with van der Waals surface area (Å²) in [7, 11) is 0. The highest BCUT2D eigenvalue weighted by atomic mass is 79.9. The van der Waals surface area contributed by atoms with E-state index in [-0.39, 0.29) is 6.54 Å². The Hall–Kier alpha value is -0.880. The molecule has 0 saturated carbocycles. The van der Waals surface area contributed by atoms with Gasteiger partial charge in [-0.05, 0) is 32.9 Å². The Bertz CT molecular complexity index is 336. The van der Waals surface area contributed by atoms with Gasteiger partial charge in [0, 0.05) is 6.54 Å². The Morgan fingerprint density at radius 3 is 2.77 bits per heavy atom. The van der Waals surface area contributed by atoms with Crippen molar-refractivity contribution in [3.8, 4) is 0 Å². The summed E-state index contributed by atoms with van der Waals surface area (Å²) < 4.78 is 0.901. The fraction of sp³-hybridized carbons (Fsp3) is 0.143. The lowest BCUT2D eigenvalue weighted by molar-refractivity contribution is -0.150. The standard InChI is InChI=1S/C7H6BrNO3S/c8-5-4(1-2-13-5)3-9-6(10)7(11)12/h1-2H,3H2,(H,9,10)(H,11,12). The Morgan fingerprint density at radius 2 is 2.31 bits per heavy atom. The highest BCUT2D eigenvalue weighted by molar-refractivity contribution is 9.11. The normalized spacial score (nSPS) is 9.62. The highest BCUT2D eigenvalue weighted by Gasteiger charge is 2.10. The third-order valence-electron chi connectivity index (χ3n) is 1.33. The zero-order chi connectivity index (χ0) is 9.84. The van der Waals surface area contributed by atoms with Crippen LogP contribution in [0.25, 0.3) is 0 Å². The largest absolute Gasteiger partial charge is 0.474 e. The molecule has 0 unspecified atom stereocenters. The summed E-state index contributed by atoms with van der Waals surface area (Å²) in [5.74, 6) is -2.45. The Morgan fingerprint density at radius 1 is 1.62 bits per heavy atom. The van der Waals surface area contributed by atoms with Gasteiger partial charge in [0.2, 0.25) is 0 Å². The van der Waals surface area contributed by atoms with Crippen LogP contribution in [-0.2, 0) is 16.1 Å². The van der Waals surface area contributed by atoms with E-state index in [1.807, 2.05) is 11.4 Å². The van der Waals surface area contributed by atoms with E-state index in [0.29, 0.717) is 0 Å². The van der Waals surface area contributed by atoms with E-state index < -0.39 is 11.9 Å². The molecular formula is C7H6BrNO3S. The van der Waals surface area contributed by atoms with E-state index in [2.05, 4.69) is 21.2 Å². The lowest BCUT2D eigenvalue weighted by Crippen LogP contribution is -2.29. The molecule has 0 radical (unpaired) electrons. The summed E-state index contributed by atoms with van der Waals surface area (Å²) in [5.41, 5.74) is 0.875. The van der Waals surface area contributed by atoms with Gasteiger partial charge >= 0.3 is 11.9 Å². The number of carbonyl (C=O) groups excluding carboxylic acids is 1. The van der Waals surface area contributed by atoms with E-state index in [4.69, 9.17) is 5.11 Å². The molecule has 6 heteroatoms. The van der Waals surface area contributed by atoms with Crippen molar-refractivity contribution in [1.29, 1.82) is 0 Å². The summed E-state index contributed by atoms with van der Waals surface area (Å²) in [5, 5.41) is 12.4. The molecule has 0 atom stereocenters.